The quantitative estimate of drug-likeness (QED) is 0.542. The number of likely N-dealkylation sites (N-methyl/N-ethyl adjacent to an activating group) is 1. The van der Waals surface area contributed by atoms with Crippen LogP contribution in [0.1, 0.15) is 19.8 Å². The lowest BCUT2D eigenvalue weighted by Gasteiger charge is -2.39. The summed E-state index contributed by atoms with van der Waals surface area (Å²) < 4.78 is 0. The number of piperazine rings is 2. The predicted molar refractivity (Wildman–Crippen MR) is 104 cm³/mol. The van der Waals surface area contributed by atoms with Gasteiger partial charge in [-0.15, -0.1) is 0 Å². The minimum absolute atomic E-state index is 0.551. The highest BCUT2D eigenvalue weighted by Crippen LogP contribution is 2.09. The molecule has 0 saturated carbocycles. The number of rotatable bonds is 8. The fraction of sp³-hybridized carbons (Fsp3) is 0.700. The van der Waals surface area contributed by atoms with Gasteiger partial charge in [0, 0.05) is 64.9 Å². The summed E-state index contributed by atoms with van der Waals surface area (Å²) in [4.78, 5) is 7.71. The van der Waals surface area contributed by atoms with E-state index >= 15 is 0 Å². The molecule has 4 nitrogen and oxygen atoms in total. The largest absolute Gasteiger partial charge is 0.314 e. The van der Waals surface area contributed by atoms with E-state index in [2.05, 4.69) is 70.4 Å². The molecule has 4 heteroatoms. The molecule has 1 N–H and O–H groups in total. The second-order valence-electron chi connectivity index (χ2n) is 6.89. The maximum Gasteiger partial charge on any atom is 0.0406 e. The van der Waals surface area contributed by atoms with E-state index < -0.39 is 0 Å². The number of allylic oxidation sites excluding steroid dienone is 5. The van der Waals surface area contributed by atoms with Crippen LogP contribution in [-0.2, 0) is 0 Å². The third kappa shape index (κ3) is 7.31. The first-order chi connectivity index (χ1) is 11.8. The minimum atomic E-state index is 0.551. The van der Waals surface area contributed by atoms with E-state index in [1.807, 2.05) is 0 Å². The Labute approximate surface area is 148 Å². The summed E-state index contributed by atoms with van der Waals surface area (Å²) in [7, 11) is 2.23. The Morgan fingerprint density at radius 2 is 1.62 bits per heavy atom. The Morgan fingerprint density at radius 3 is 2.33 bits per heavy atom. The standard InChI is InChI=1S/C20H36N4/c1-3-4-5-6-7-8-9-10-20(24-13-11-21-12-14-24)19-23-17-15-22(2)16-18-23/h4-7,9-10,20-21H,3,8,11-19H2,1-2H3/b5-4-,7-6-,10-9+. The van der Waals surface area contributed by atoms with Gasteiger partial charge in [-0.05, 0) is 19.9 Å². The maximum absolute atomic E-state index is 3.47. The summed E-state index contributed by atoms with van der Waals surface area (Å²) in [6.07, 6.45) is 15.7. The van der Waals surface area contributed by atoms with Crippen LogP contribution in [0, 0.1) is 0 Å². The van der Waals surface area contributed by atoms with Gasteiger partial charge < -0.3 is 10.2 Å². The smallest absolute Gasteiger partial charge is 0.0406 e. The Kier molecular flexibility index (Phi) is 9.36. The Hall–Kier alpha value is -0.940. The van der Waals surface area contributed by atoms with Gasteiger partial charge in [-0.2, -0.15) is 0 Å². The van der Waals surface area contributed by atoms with Crippen molar-refractivity contribution in [1.29, 1.82) is 0 Å². The normalized spacial score (nSPS) is 23.8. The van der Waals surface area contributed by atoms with Crippen molar-refractivity contribution < 1.29 is 0 Å². The molecule has 0 amide bonds. The summed E-state index contributed by atoms with van der Waals surface area (Å²) >= 11 is 0. The molecule has 136 valence electrons. The number of nitrogens with zero attached hydrogens (tertiary/aromatic N) is 3. The molecule has 1 atom stereocenters. The molecule has 0 radical (unpaired) electrons. The van der Waals surface area contributed by atoms with Crippen LogP contribution < -0.4 is 5.32 Å². The summed E-state index contributed by atoms with van der Waals surface area (Å²) in [6.45, 7) is 12.7. The van der Waals surface area contributed by atoms with Crippen molar-refractivity contribution in [2.24, 2.45) is 0 Å². The molecule has 0 aromatic rings. The van der Waals surface area contributed by atoms with Crippen LogP contribution in [-0.4, -0.2) is 86.7 Å². The number of hydrogen-bond acceptors (Lipinski definition) is 4. The van der Waals surface area contributed by atoms with E-state index in [4.69, 9.17) is 0 Å². The molecule has 0 aromatic carbocycles. The van der Waals surface area contributed by atoms with E-state index in [9.17, 15) is 0 Å². The number of nitrogens with one attached hydrogen (secondary N) is 1. The second-order valence-corrected chi connectivity index (χ2v) is 6.89. The van der Waals surface area contributed by atoms with Crippen LogP contribution in [0.2, 0.25) is 0 Å². The van der Waals surface area contributed by atoms with Gasteiger partial charge in [-0.3, -0.25) is 9.80 Å². The van der Waals surface area contributed by atoms with Crippen LogP contribution in [0.25, 0.3) is 0 Å². The lowest BCUT2D eigenvalue weighted by atomic mass is 10.1. The van der Waals surface area contributed by atoms with Gasteiger partial charge in [0.15, 0.2) is 0 Å². The Bertz CT molecular complexity index is 402. The average Bonchev–Trinajstić information content (AvgIpc) is 2.62. The van der Waals surface area contributed by atoms with E-state index in [1.165, 1.54) is 32.7 Å². The molecule has 2 aliphatic rings. The van der Waals surface area contributed by atoms with Crippen LogP contribution in [0.15, 0.2) is 36.5 Å². The average molecular weight is 333 g/mol. The first-order valence-corrected chi connectivity index (χ1v) is 9.63. The molecule has 0 aromatic heterocycles. The molecule has 2 aliphatic heterocycles. The van der Waals surface area contributed by atoms with Gasteiger partial charge in [0.2, 0.25) is 0 Å². The molecule has 0 bridgehead atoms. The van der Waals surface area contributed by atoms with Crippen molar-refractivity contribution in [2.75, 3.05) is 66.0 Å². The van der Waals surface area contributed by atoms with Gasteiger partial charge >= 0.3 is 0 Å². The molecule has 2 rings (SSSR count). The highest BCUT2D eigenvalue weighted by atomic mass is 15.3. The van der Waals surface area contributed by atoms with Crippen molar-refractivity contribution in [2.45, 2.75) is 25.8 Å². The lowest BCUT2D eigenvalue weighted by molar-refractivity contribution is 0.109. The monoisotopic (exact) mass is 332 g/mol. The second kappa shape index (κ2) is 11.6. The first kappa shape index (κ1) is 19.4. The maximum atomic E-state index is 3.47. The van der Waals surface area contributed by atoms with Crippen molar-refractivity contribution in [1.82, 2.24) is 20.0 Å². The van der Waals surface area contributed by atoms with Crippen LogP contribution >= 0.6 is 0 Å². The first-order valence-electron chi connectivity index (χ1n) is 9.63. The molecular formula is C20H36N4. The molecular weight excluding hydrogens is 296 g/mol. The summed E-state index contributed by atoms with van der Waals surface area (Å²) in [5, 5.41) is 3.47. The van der Waals surface area contributed by atoms with Gasteiger partial charge in [0.1, 0.15) is 0 Å². The molecule has 2 saturated heterocycles. The minimum Gasteiger partial charge on any atom is -0.314 e. The molecule has 0 spiro atoms. The van der Waals surface area contributed by atoms with Crippen molar-refractivity contribution in [3.05, 3.63) is 36.5 Å². The number of hydrogen-bond donors (Lipinski definition) is 1. The SMILES string of the molecule is CC/C=C\C=C/C/C=C/C(CN1CCN(C)CC1)N1CCNCC1. The Balaban J connectivity index is 1.84. The van der Waals surface area contributed by atoms with E-state index in [1.54, 1.807) is 0 Å². The van der Waals surface area contributed by atoms with Gasteiger partial charge in [0.25, 0.3) is 0 Å². The third-order valence-corrected chi connectivity index (χ3v) is 4.91. The predicted octanol–water partition coefficient (Wildman–Crippen LogP) is 1.98. The summed E-state index contributed by atoms with van der Waals surface area (Å²) in [5.41, 5.74) is 0. The van der Waals surface area contributed by atoms with Crippen LogP contribution in [0.3, 0.4) is 0 Å². The summed E-state index contributed by atoms with van der Waals surface area (Å²) in [5.74, 6) is 0. The molecule has 24 heavy (non-hydrogen) atoms. The summed E-state index contributed by atoms with van der Waals surface area (Å²) in [6, 6.07) is 0.551. The molecule has 2 heterocycles. The van der Waals surface area contributed by atoms with Gasteiger partial charge in [-0.1, -0.05) is 43.4 Å². The van der Waals surface area contributed by atoms with Crippen molar-refractivity contribution in [3.8, 4) is 0 Å². The zero-order valence-corrected chi connectivity index (χ0v) is 15.7. The molecule has 0 aliphatic carbocycles. The highest BCUT2D eigenvalue weighted by Gasteiger charge is 2.22. The highest BCUT2D eigenvalue weighted by molar-refractivity contribution is 5.06. The fourth-order valence-electron chi connectivity index (χ4n) is 3.29. The fourth-order valence-corrected chi connectivity index (χ4v) is 3.29. The molecule has 2 fully saturated rings. The van der Waals surface area contributed by atoms with Crippen molar-refractivity contribution in [3.63, 3.8) is 0 Å². The Morgan fingerprint density at radius 1 is 0.917 bits per heavy atom. The van der Waals surface area contributed by atoms with Crippen LogP contribution in [0.4, 0.5) is 0 Å². The van der Waals surface area contributed by atoms with Gasteiger partial charge in [-0.25, -0.2) is 0 Å². The third-order valence-electron chi connectivity index (χ3n) is 4.91. The zero-order chi connectivity index (χ0) is 17.0. The topological polar surface area (TPSA) is 21.8 Å². The van der Waals surface area contributed by atoms with Crippen LogP contribution in [0.5, 0.6) is 0 Å². The molecule has 1 unspecified atom stereocenters. The van der Waals surface area contributed by atoms with Gasteiger partial charge in [0.05, 0.1) is 0 Å². The van der Waals surface area contributed by atoms with Crippen molar-refractivity contribution >= 4 is 0 Å². The lowest BCUT2D eigenvalue weighted by Crippen LogP contribution is -2.54. The van der Waals surface area contributed by atoms with E-state index in [0.29, 0.717) is 6.04 Å². The zero-order valence-electron chi connectivity index (χ0n) is 15.7. The van der Waals surface area contributed by atoms with E-state index in [0.717, 1.165) is 39.0 Å². The van der Waals surface area contributed by atoms with E-state index in [-0.39, 0.29) is 0 Å².